The molecule has 1 aromatic heterocycles. The van der Waals surface area contributed by atoms with Crippen LogP contribution in [0.15, 0.2) is 83.8 Å². The Morgan fingerprint density at radius 3 is 2.53 bits per heavy atom. The molecule has 7 heteroatoms. The smallest absolute Gasteiger partial charge is 0.254 e. The van der Waals surface area contributed by atoms with Gasteiger partial charge in [-0.3, -0.25) is 14.5 Å². The minimum absolute atomic E-state index is 0.0214. The van der Waals surface area contributed by atoms with Crippen LogP contribution in [0.2, 0.25) is 0 Å². The average Bonchev–Trinajstić information content (AvgIpc) is 2.92. The van der Waals surface area contributed by atoms with Gasteiger partial charge in [-0.1, -0.05) is 54.6 Å². The number of fused-ring (bicyclic) bond motifs is 1. The Morgan fingerprint density at radius 1 is 1.00 bits per heavy atom. The Balaban J connectivity index is 1.41. The van der Waals surface area contributed by atoms with Gasteiger partial charge < -0.3 is 20.4 Å². The molecule has 196 valence electrons. The van der Waals surface area contributed by atoms with Crippen LogP contribution in [0, 0.1) is 0 Å². The maximum absolute atomic E-state index is 13.0. The number of ether oxygens (including phenoxy) is 1. The van der Waals surface area contributed by atoms with Crippen molar-refractivity contribution in [2.45, 2.75) is 32.5 Å². The largest absolute Gasteiger partial charge is 0.494 e. The molecule has 3 aromatic carbocycles. The Labute approximate surface area is 222 Å². The number of hydrogen-bond acceptors (Lipinski definition) is 5. The van der Waals surface area contributed by atoms with E-state index in [1.807, 2.05) is 23.6 Å². The van der Waals surface area contributed by atoms with Gasteiger partial charge >= 0.3 is 0 Å². The van der Waals surface area contributed by atoms with Crippen molar-refractivity contribution < 1.29 is 9.53 Å². The van der Waals surface area contributed by atoms with Gasteiger partial charge in [-0.2, -0.15) is 0 Å². The summed E-state index contributed by atoms with van der Waals surface area (Å²) in [5.74, 6) is -0.141. The lowest BCUT2D eigenvalue weighted by Gasteiger charge is -2.36. The summed E-state index contributed by atoms with van der Waals surface area (Å²) in [4.78, 5) is 27.6. The zero-order valence-corrected chi connectivity index (χ0v) is 21.7. The molecule has 0 spiro atoms. The number of hydrogen-bond donors (Lipinski definition) is 2. The Kier molecular flexibility index (Phi) is 7.86. The minimum atomic E-state index is -0.732. The number of piperazine rings is 1. The third-order valence-electron chi connectivity index (χ3n) is 7.14. The second-order valence-electron chi connectivity index (χ2n) is 9.81. The summed E-state index contributed by atoms with van der Waals surface area (Å²) in [6.07, 6.45) is 2.59. The zero-order valence-electron chi connectivity index (χ0n) is 21.7. The van der Waals surface area contributed by atoms with Gasteiger partial charge in [-0.25, -0.2) is 0 Å². The lowest BCUT2D eigenvalue weighted by atomic mass is 10.0. The number of nitrogens with zero attached hydrogens (tertiary/aromatic N) is 2. The van der Waals surface area contributed by atoms with Crippen LogP contribution in [0.4, 0.5) is 0 Å². The topological polar surface area (TPSA) is 89.6 Å². The summed E-state index contributed by atoms with van der Waals surface area (Å²) in [6.45, 7) is 6.69. The number of nitrogens with one attached hydrogen (secondary N) is 1. The van der Waals surface area contributed by atoms with Crippen LogP contribution in [-0.4, -0.2) is 47.7 Å². The molecule has 1 unspecified atom stereocenters. The van der Waals surface area contributed by atoms with E-state index < -0.39 is 5.91 Å². The number of pyridine rings is 1. The summed E-state index contributed by atoms with van der Waals surface area (Å²) < 4.78 is 7.51. The van der Waals surface area contributed by atoms with E-state index in [0.29, 0.717) is 30.3 Å². The monoisotopic (exact) mass is 510 g/mol. The van der Waals surface area contributed by atoms with Crippen LogP contribution in [-0.2, 0) is 19.5 Å². The Hall–Kier alpha value is -3.94. The van der Waals surface area contributed by atoms with Gasteiger partial charge in [0.2, 0.25) is 5.43 Å². The third-order valence-corrected chi connectivity index (χ3v) is 7.14. The molecule has 1 aliphatic heterocycles. The molecule has 5 rings (SSSR count). The normalized spacial score (nSPS) is 16.0. The number of benzene rings is 3. The van der Waals surface area contributed by atoms with Crippen molar-refractivity contribution in [3.05, 3.63) is 111 Å². The van der Waals surface area contributed by atoms with Gasteiger partial charge in [0.05, 0.1) is 17.5 Å². The quantitative estimate of drug-likeness (QED) is 0.359. The molecule has 0 radical (unpaired) electrons. The molecule has 2 heterocycles. The first kappa shape index (κ1) is 25.7. The molecule has 0 saturated carbocycles. The van der Waals surface area contributed by atoms with Crippen molar-refractivity contribution >= 4 is 16.8 Å². The zero-order chi connectivity index (χ0) is 26.5. The summed E-state index contributed by atoms with van der Waals surface area (Å²) in [5.41, 5.74) is 9.58. The highest BCUT2D eigenvalue weighted by Gasteiger charge is 2.22. The molecule has 1 amide bonds. The van der Waals surface area contributed by atoms with Crippen LogP contribution in [0.1, 0.15) is 34.0 Å². The Bertz CT molecular complexity index is 1480. The molecule has 1 atom stereocenters. The first-order chi connectivity index (χ1) is 18.5. The number of aromatic nitrogens is 1. The highest BCUT2D eigenvalue weighted by Crippen LogP contribution is 2.22. The van der Waals surface area contributed by atoms with Crippen LogP contribution in [0.3, 0.4) is 0 Å². The van der Waals surface area contributed by atoms with E-state index in [9.17, 15) is 9.59 Å². The predicted molar refractivity (Wildman–Crippen MR) is 151 cm³/mol. The maximum atomic E-state index is 13.0. The van der Waals surface area contributed by atoms with Crippen LogP contribution in [0.5, 0.6) is 5.75 Å². The van der Waals surface area contributed by atoms with Crippen LogP contribution < -0.4 is 21.2 Å². The van der Waals surface area contributed by atoms with Gasteiger partial charge in [0.1, 0.15) is 11.3 Å². The second kappa shape index (κ2) is 11.6. The maximum Gasteiger partial charge on any atom is 0.254 e. The van der Waals surface area contributed by atoms with E-state index in [0.717, 1.165) is 43.7 Å². The second-order valence-corrected chi connectivity index (χ2v) is 9.81. The molecule has 1 aliphatic rings. The molecule has 4 aromatic rings. The fourth-order valence-corrected chi connectivity index (χ4v) is 5.30. The van der Waals surface area contributed by atoms with Crippen molar-refractivity contribution in [2.24, 2.45) is 5.73 Å². The molecule has 0 aliphatic carbocycles. The van der Waals surface area contributed by atoms with Crippen LogP contribution in [0.25, 0.3) is 10.9 Å². The number of amides is 1. The van der Waals surface area contributed by atoms with Crippen molar-refractivity contribution in [1.82, 2.24) is 14.8 Å². The fraction of sp³-hybridized carbons (Fsp3) is 0.290. The lowest BCUT2D eigenvalue weighted by molar-refractivity contribution is 0.0998. The van der Waals surface area contributed by atoms with Crippen molar-refractivity contribution in [2.75, 3.05) is 26.2 Å². The molecule has 38 heavy (non-hydrogen) atoms. The molecule has 3 N–H and O–H groups in total. The van der Waals surface area contributed by atoms with Gasteiger partial charge in [0.15, 0.2) is 0 Å². The summed E-state index contributed by atoms with van der Waals surface area (Å²) >= 11 is 0. The van der Waals surface area contributed by atoms with Gasteiger partial charge in [-0.05, 0) is 48.2 Å². The lowest BCUT2D eigenvalue weighted by Crippen LogP contribution is -2.51. The van der Waals surface area contributed by atoms with Gasteiger partial charge in [0.25, 0.3) is 5.91 Å². The first-order valence-corrected chi connectivity index (χ1v) is 13.2. The molecular weight excluding hydrogens is 476 g/mol. The highest BCUT2D eigenvalue weighted by molar-refractivity contribution is 5.96. The number of carbonyl (C=O) groups is 1. The number of primary amides is 1. The highest BCUT2D eigenvalue weighted by atomic mass is 16.5. The van der Waals surface area contributed by atoms with Gasteiger partial charge in [0, 0.05) is 45.0 Å². The predicted octanol–water partition coefficient (Wildman–Crippen LogP) is 3.56. The van der Waals surface area contributed by atoms with Crippen LogP contribution >= 0.6 is 0 Å². The van der Waals surface area contributed by atoms with E-state index >= 15 is 0 Å². The summed E-state index contributed by atoms with van der Waals surface area (Å²) in [7, 11) is 0. The fourth-order valence-electron chi connectivity index (χ4n) is 5.30. The van der Waals surface area contributed by atoms with Gasteiger partial charge in [-0.15, -0.1) is 0 Å². The molecule has 1 fully saturated rings. The van der Waals surface area contributed by atoms with Crippen molar-refractivity contribution in [1.29, 1.82) is 0 Å². The molecule has 7 nitrogen and oxygen atoms in total. The molecule has 0 bridgehead atoms. The van der Waals surface area contributed by atoms with Crippen molar-refractivity contribution in [3.8, 4) is 5.75 Å². The van der Waals surface area contributed by atoms with E-state index in [4.69, 9.17) is 10.5 Å². The summed E-state index contributed by atoms with van der Waals surface area (Å²) in [6, 6.07) is 25.0. The summed E-state index contributed by atoms with van der Waals surface area (Å²) in [5, 5.41) is 3.97. The third kappa shape index (κ3) is 5.79. The molecular formula is C31H34N4O3. The van der Waals surface area contributed by atoms with Crippen molar-refractivity contribution in [3.63, 3.8) is 0 Å². The first-order valence-electron chi connectivity index (χ1n) is 13.2. The standard InChI is InChI=1S/C31H34N4O3/c1-2-38-26-11-12-29-27(17-26)30(36)28(31(32)37)21-35(29)20-24-10-6-9-23(15-24)19-34-14-13-33-18-25(34)16-22-7-4-3-5-8-22/h3-12,15,17,21,25,33H,2,13-14,16,18-20H2,1H3,(H2,32,37). The Morgan fingerprint density at radius 2 is 1.76 bits per heavy atom. The average molecular weight is 511 g/mol. The van der Waals surface area contributed by atoms with E-state index in [2.05, 4.69) is 64.8 Å². The number of nitrogens with two attached hydrogens (primary N) is 1. The van der Waals surface area contributed by atoms with E-state index in [1.54, 1.807) is 12.3 Å². The number of rotatable bonds is 9. The SMILES string of the molecule is CCOc1ccc2c(c1)c(=O)c(C(N)=O)cn2Cc1cccc(CN2CCNCC2Cc2ccccc2)c1. The van der Waals surface area contributed by atoms with E-state index in [1.165, 1.54) is 11.1 Å². The number of carbonyl (C=O) groups excluding carboxylic acids is 1. The molecule has 1 saturated heterocycles. The minimum Gasteiger partial charge on any atom is -0.494 e. The van der Waals surface area contributed by atoms with E-state index in [-0.39, 0.29) is 11.0 Å².